The topological polar surface area (TPSA) is 262 Å². The molecular formula is C57H77F3N4O19. The molecule has 23 nitrogen and oxygen atoms in total. The number of para-hydroxylation sites is 1. The number of nitrogens with one attached hydrogen (secondary N) is 3. The molecule has 1 unspecified atom stereocenters. The minimum Gasteiger partial charge on any atom is -0.460 e. The molecule has 460 valence electrons. The average molecular weight is 1180 g/mol. The first-order chi connectivity index (χ1) is 40.4. The lowest BCUT2D eigenvalue weighted by Crippen LogP contribution is -2.54. The molecule has 5 rings (SSSR count). The number of nitrogens with zero attached hydrogens (tertiary/aromatic N) is 1. The maximum atomic E-state index is 13.2. The molecule has 2 aliphatic rings. The van der Waals surface area contributed by atoms with E-state index in [2.05, 4.69) is 16.0 Å². The number of piperidine rings is 1. The zero-order chi connectivity index (χ0) is 59.2. The maximum Gasteiger partial charge on any atom is 0.416 e. The van der Waals surface area contributed by atoms with E-state index in [1.807, 2.05) is 0 Å². The Kier molecular flexibility index (Phi) is 32.9. The standard InChI is InChI=1S/C57H77F3N4O19/c58-57(59,60)43-8-6-9-44(42-43)61-47-12-4-3-10-45(47)56(70)83-41-40-82-39-38-81-37-36-80-35-34-79-33-32-78-31-30-77-29-28-76-27-26-75-25-24-74-23-22-73-21-20-72-19-18-71-17-5-1-2-14-50(65)62-48-13-7-11-46-52(48)55(69)64(54(46)68)49-15-16-51(66)63-53(49)67/h3-4,6-13,42,49,61H,1-2,5,14-41H2,(H,62,65)(H,63,66,67). The second kappa shape index (κ2) is 40.3. The van der Waals surface area contributed by atoms with Crippen LogP contribution in [0, 0.1) is 0 Å². The first-order valence-corrected chi connectivity index (χ1v) is 27.7. The van der Waals surface area contributed by atoms with Crippen molar-refractivity contribution in [3.05, 3.63) is 89.0 Å². The Labute approximate surface area is 480 Å². The molecule has 3 aromatic carbocycles. The van der Waals surface area contributed by atoms with Crippen LogP contribution < -0.4 is 16.0 Å². The number of anilines is 3. The second-order valence-electron chi connectivity index (χ2n) is 18.3. The number of fused-ring (bicyclic) bond motifs is 1. The Balaban J connectivity index is 0.675. The van der Waals surface area contributed by atoms with Gasteiger partial charge in [0.2, 0.25) is 17.7 Å². The molecule has 0 bridgehead atoms. The van der Waals surface area contributed by atoms with Gasteiger partial charge in [-0.05, 0) is 61.7 Å². The van der Waals surface area contributed by atoms with E-state index in [0.717, 1.165) is 29.9 Å². The Bertz CT molecular complexity index is 2420. The molecule has 3 N–H and O–H groups in total. The van der Waals surface area contributed by atoms with Crippen LogP contribution in [0.2, 0.25) is 0 Å². The molecule has 83 heavy (non-hydrogen) atoms. The number of carbonyl (C=O) groups excluding carboxylic acids is 6. The molecule has 0 saturated carbocycles. The highest BCUT2D eigenvalue weighted by atomic mass is 19.4. The number of amides is 5. The molecule has 0 aliphatic carbocycles. The first-order valence-electron chi connectivity index (χ1n) is 27.7. The number of hydrogen-bond donors (Lipinski definition) is 3. The van der Waals surface area contributed by atoms with Gasteiger partial charge in [0.1, 0.15) is 12.6 Å². The molecule has 2 aliphatic heterocycles. The molecule has 2 heterocycles. The van der Waals surface area contributed by atoms with Crippen molar-refractivity contribution < 1.29 is 104 Å². The summed E-state index contributed by atoms with van der Waals surface area (Å²) in [6.45, 7) is 9.70. The van der Waals surface area contributed by atoms with Gasteiger partial charge < -0.3 is 72.2 Å². The van der Waals surface area contributed by atoms with E-state index in [-0.39, 0.29) is 73.1 Å². The van der Waals surface area contributed by atoms with Gasteiger partial charge in [-0.2, -0.15) is 13.2 Å². The first kappa shape index (κ1) is 67.8. The van der Waals surface area contributed by atoms with E-state index in [4.69, 9.17) is 61.6 Å². The fourth-order valence-corrected chi connectivity index (χ4v) is 7.99. The molecule has 26 heteroatoms. The van der Waals surface area contributed by atoms with Gasteiger partial charge >= 0.3 is 12.1 Å². The van der Waals surface area contributed by atoms with Crippen LogP contribution in [0.4, 0.5) is 30.2 Å². The summed E-state index contributed by atoms with van der Waals surface area (Å²) in [6, 6.07) is 14.6. The third-order valence-corrected chi connectivity index (χ3v) is 12.1. The highest BCUT2D eigenvalue weighted by molar-refractivity contribution is 6.26. The van der Waals surface area contributed by atoms with Crippen molar-refractivity contribution in [1.29, 1.82) is 0 Å². The number of esters is 1. The normalized spacial score (nSPS) is 14.3. The van der Waals surface area contributed by atoms with Crippen molar-refractivity contribution in [3.63, 3.8) is 0 Å². The van der Waals surface area contributed by atoms with Crippen LogP contribution in [0.25, 0.3) is 0 Å². The molecule has 0 spiro atoms. The predicted octanol–water partition coefficient (Wildman–Crippen LogP) is 5.41. The number of ether oxygens (including phenoxy) is 13. The summed E-state index contributed by atoms with van der Waals surface area (Å²) in [5.74, 6) is -3.41. The quantitative estimate of drug-likeness (QED) is 0.0363. The zero-order valence-corrected chi connectivity index (χ0v) is 46.7. The Morgan fingerprint density at radius 1 is 0.518 bits per heavy atom. The van der Waals surface area contributed by atoms with E-state index in [0.29, 0.717) is 157 Å². The Hall–Kier alpha value is -6.01. The van der Waals surface area contributed by atoms with Crippen molar-refractivity contribution in [1.82, 2.24) is 10.2 Å². The van der Waals surface area contributed by atoms with Gasteiger partial charge in [0.15, 0.2) is 0 Å². The molecule has 1 fully saturated rings. The summed E-state index contributed by atoms with van der Waals surface area (Å²) in [5.41, 5.74) is 0.211. The fraction of sp³-hybridized carbons (Fsp3) is 0.579. The summed E-state index contributed by atoms with van der Waals surface area (Å²) in [4.78, 5) is 76.4. The molecule has 3 aromatic rings. The highest BCUT2D eigenvalue weighted by Gasteiger charge is 2.45. The van der Waals surface area contributed by atoms with Crippen LogP contribution in [0.5, 0.6) is 0 Å². The van der Waals surface area contributed by atoms with Crippen molar-refractivity contribution in [3.8, 4) is 0 Å². The lowest BCUT2D eigenvalue weighted by Gasteiger charge is -2.27. The van der Waals surface area contributed by atoms with Crippen molar-refractivity contribution in [2.75, 3.05) is 176 Å². The Morgan fingerprint density at radius 2 is 0.976 bits per heavy atom. The lowest BCUT2D eigenvalue weighted by atomic mass is 10.0. The summed E-state index contributed by atoms with van der Waals surface area (Å²) >= 11 is 0. The van der Waals surface area contributed by atoms with Crippen molar-refractivity contribution in [2.24, 2.45) is 0 Å². The van der Waals surface area contributed by atoms with E-state index < -0.39 is 47.4 Å². The predicted molar refractivity (Wildman–Crippen MR) is 291 cm³/mol. The smallest absolute Gasteiger partial charge is 0.416 e. The number of halogens is 3. The average Bonchev–Trinajstić information content (AvgIpc) is 3.35. The monoisotopic (exact) mass is 1180 g/mol. The van der Waals surface area contributed by atoms with Gasteiger partial charge in [-0.15, -0.1) is 0 Å². The fourth-order valence-electron chi connectivity index (χ4n) is 7.99. The van der Waals surface area contributed by atoms with Crippen LogP contribution in [0.15, 0.2) is 66.7 Å². The second-order valence-corrected chi connectivity index (χ2v) is 18.3. The van der Waals surface area contributed by atoms with E-state index >= 15 is 0 Å². The summed E-state index contributed by atoms with van der Waals surface area (Å²) in [6.07, 6.45) is -2.13. The highest BCUT2D eigenvalue weighted by Crippen LogP contribution is 2.34. The number of rotatable bonds is 47. The third kappa shape index (κ3) is 26.6. The van der Waals surface area contributed by atoms with E-state index in [1.54, 1.807) is 30.3 Å². The zero-order valence-electron chi connectivity index (χ0n) is 46.7. The van der Waals surface area contributed by atoms with E-state index in [1.165, 1.54) is 24.3 Å². The molecule has 1 saturated heterocycles. The van der Waals surface area contributed by atoms with Gasteiger partial charge in [0.05, 0.1) is 186 Å². The number of imide groups is 2. The summed E-state index contributed by atoms with van der Waals surface area (Å²) < 4.78 is 111. The largest absolute Gasteiger partial charge is 0.460 e. The number of hydrogen-bond acceptors (Lipinski definition) is 20. The SMILES string of the molecule is O=C1CCC(N2C(=O)c3cccc(NC(=O)CCCCCOCCOCCOCCOCCOCCOCCOCCOCCOCCOCCOCCOCCOC(=O)c4ccccc4Nc4cccc(C(F)(F)F)c4)c3C2=O)C(=O)N1. The van der Waals surface area contributed by atoms with Gasteiger partial charge in [-0.1, -0.05) is 30.7 Å². The number of benzene rings is 3. The van der Waals surface area contributed by atoms with Crippen LogP contribution in [0.1, 0.15) is 75.2 Å². The van der Waals surface area contributed by atoms with Crippen molar-refractivity contribution >= 4 is 52.6 Å². The lowest BCUT2D eigenvalue weighted by molar-refractivity contribution is -0.138. The number of alkyl halides is 3. The number of carbonyl (C=O) groups is 6. The van der Waals surface area contributed by atoms with Gasteiger partial charge in [0.25, 0.3) is 11.8 Å². The summed E-state index contributed by atoms with van der Waals surface area (Å²) in [5, 5.41) is 7.76. The molecule has 5 amide bonds. The van der Waals surface area contributed by atoms with Crippen LogP contribution in [0.3, 0.4) is 0 Å². The molecular weight excluding hydrogens is 1100 g/mol. The van der Waals surface area contributed by atoms with Crippen LogP contribution >= 0.6 is 0 Å². The summed E-state index contributed by atoms with van der Waals surface area (Å²) in [7, 11) is 0. The van der Waals surface area contributed by atoms with Gasteiger partial charge in [-0.25, -0.2) is 4.79 Å². The third-order valence-electron chi connectivity index (χ3n) is 12.1. The minimum atomic E-state index is -4.49. The van der Waals surface area contributed by atoms with Crippen LogP contribution in [-0.2, 0) is 82.1 Å². The molecule has 0 radical (unpaired) electrons. The maximum absolute atomic E-state index is 13.2. The van der Waals surface area contributed by atoms with E-state index in [9.17, 15) is 41.9 Å². The Morgan fingerprint density at radius 3 is 1.47 bits per heavy atom. The molecule has 1 atom stereocenters. The van der Waals surface area contributed by atoms with Gasteiger partial charge in [-0.3, -0.25) is 34.2 Å². The number of unbranched alkanes of at least 4 members (excludes halogenated alkanes) is 2. The molecule has 0 aromatic heterocycles. The van der Waals surface area contributed by atoms with Gasteiger partial charge in [0, 0.05) is 25.1 Å². The van der Waals surface area contributed by atoms with Crippen molar-refractivity contribution in [2.45, 2.75) is 50.7 Å². The minimum absolute atomic E-state index is 0.0172. The van der Waals surface area contributed by atoms with Crippen LogP contribution in [-0.4, -0.2) is 212 Å².